The van der Waals surface area contributed by atoms with Crippen LogP contribution in [0, 0.1) is 6.92 Å². The molecule has 0 unspecified atom stereocenters. The number of benzene rings is 3. The van der Waals surface area contributed by atoms with E-state index in [9.17, 15) is 9.59 Å². The number of nitrogens with one attached hydrogen (secondary N) is 2. The van der Waals surface area contributed by atoms with E-state index in [1.807, 2.05) is 67.6 Å². The van der Waals surface area contributed by atoms with Gasteiger partial charge in [-0.15, -0.1) is 0 Å². The first-order valence-corrected chi connectivity index (χ1v) is 9.11. The molecule has 0 aliphatic carbocycles. The van der Waals surface area contributed by atoms with Gasteiger partial charge in [-0.25, -0.2) is 4.79 Å². The van der Waals surface area contributed by atoms with Gasteiger partial charge in [0.05, 0.1) is 0 Å². The normalized spacial score (nSPS) is 11.0. The molecule has 0 aromatic heterocycles. The lowest BCUT2D eigenvalue weighted by Crippen LogP contribution is -2.35. The van der Waals surface area contributed by atoms with Crippen LogP contribution in [-0.2, 0) is 4.79 Å². The fraction of sp³-hybridized carbons (Fsp3) is 0.0435. The molecule has 0 bridgehead atoms. The second-order valence-electron chi connectivity index (χ2n) is 6.20. The van der Waals surface area contributed by atoms with Crippen LogP contribution in [0.15, 0.2) is 78.9 Å². The minimum absolute atomic E-state index is 0.398. The molecule has 0 saturated carbocycles. The van der Waals surface area contributed by atoms with Crippen LogP contribution in [0.1, 0.15) is 16.7 Å². The number of hydrogen-bond donors (Lipinski definition) is 2. The Morgan fingerprint density at radius 3 is 2.18 bits per heavy atom. The summed E-state index contributed by atoms with van der Waals surface area (Å²) >= 11 is 5.93. The van der Waals surface area contributed by atoms with Crippen LogP contribution in [0.3, 0.4) is 0 Å². The van der Waals surface area contributed by atoms with Crippen molar-refractivity contribution in [3.05, 3.63) is 101 Å². The third kappa shape index (κ3) is 5.09. The summed E-state index contributed by atoms with van der Waals surface area (Å²) in [4.78, 5) is 25.2. The maximum absolute atomic E-state index is 12.8. The highest BCUT2D eigenvalue weighted by atomic mass is 35.5. The summed E-state index contributed by atoms with van der Waals surface area (Å²) in [6.45, 7) is 1.83. The summed E-state index contributed by atoms with van der Waals surface area (Å²) < 4.78 is 0. The Hall–Kier alpha value is -3.37. The Morgan fingerprint density at radius 1 is 0.893 bits per heavy atom. The van der Waals surface area contributed by atoms with Gasteiger partial charge in [0.2, 0.25) is 0 Å². The number of carbonyl (C=O) groups is 2. The maximum atomic E-state index is 12.8. The van der Waals surface area contributed by atoms with E-state index in [-0.39, 0.29) is 0 Å². The molecule has 0 spiro atoms. The topological polar surface area (TPSA) is 58.2 Å². The summed E-state index contributed by atoms with van der Waals surface area (Å²) in [6.07, 6.45) is 1.76. The van der Waals surface area contributed by atoms with E-state index < -0.39 is 11.9 Å². The van der Waals surface area contributed by atoms with Crippen LogP contribution < -0.4 is 10.6 Å². The van der Waals surface area contributed by atoms with Crippen LogP contribution in [0.2, 0.25) is 5.02 Å². The molecule has 0 aliphatic rings. The quantitative estimate of drug-likeness (QED) is 0.454. The number of imide groups is 1. The van der Waals surface area contributed by atoms with Crippen molar-refractivity contribution in [2.75, 3.05) is 5.32 Å². The molecule has 3 aromatic rings. The third-order valence-corrected chi connectivity index (χ3v) is 4.34. The summed E-state index contributed by atoms with van der Waals surface area (Å²) in [5.74, 6) is -0.487. The van der Waals surface area contributed by atoms with Gasteiger partial charge in [0.15, 0.2) is 0 Å². The van der Waals surface area contributed by atoms with Crippen LogP contribution in [0.5, 0.6) is 0 Å². The van der Waals surface area contributed by atoms with Crippen LogP contribution in [0.4, 0.5) is 10.5 Å². The molecule has 3 amide bonds. The molecule has 0 radical (unpaired) electrons. The number of hydrogen-bond acceptors (Lipinski definition) is 2. The van der Waals surface area contributed by atoms with E-state index in [1.54, 1.807) is 24.3 Å². The average Bonchev–Trinajstić information content (AvgIpc) is 2.69. The highest BCUT2D eigenvalue weighted by Crippen LogP contribution is 2.21. The SMILES string of the molecule is Cc1cc(Cl)ccc1NC(=O)NC(=O)/C(=C\c1ccccc1)c1ccccc1. The van der Waals surface area contributed by atoms with Crippen LogP contribution in [0.25, 0.3) is 11.6 Å². The molecular weight excluding hydrogens is 372 g/mol. The number of anilines is 1. The number of halogens is 1. The molecule has 5 heteroatoms. The number of carbonyl (C=O) groups excluding carboxylic acids is 2. The van der Waals surface area contributed by atoms with Crippen LogP contribution in [-0.4, -0.2) is 11.9 Å². The van der Waals surface area contributed by atoms with E-state index >= 15 is 0 Å². The molecule has 0 aliphatic heterocycles. The average molecular weight is 391 g/mol. The van der Waals surface area contributed by atoms with Crippen molar-refractivity contribution >= 4 is 40.9 Å². The Balaban J connectivity index is 1.81. The first kappa shape index (κ1) is 19.4. The van der Waals surface area contributed by atoms with Gasteiger partial charge in [-0.2, -0.15) is 0 Å². The Morgan fingerprint density at radius 2 is 1.54 bits per heavy atom. The molecule has 2 N–H and O–H groups in total. The van der Waals surface area contributed by atoms with Gasteiger partial charge < -0.3 is 5.32 Å². The predicted molar refractivity (Wildman–Crippen MR) is 114 cm³/mol. The summed E-state index contributed by atoms with van der Waals surface area (Å²) in [6, 6.07) is 23.2. The molecular formula is C23H19ClN2O2. The van der Waals surface area contributed by atoms with Gasteiger partial charge in [-0.1, -0.05) is 72.3 Å². The monoisotopic (exact) mass is 390 g/mol. The van der Waals surface area contributed by atoms with E-state index in [0.29, 0.717) is 16.3 Å². The van der Waals surface area contributed by atoms with Gasteiger partial charge in [0.25, 0.3) is 5.91 Å². The highest BCUT2D eigenvalue weighted by molar-refractivity contribution is 6.31. The van der Waals surface area contributed by atoms with Crippen LogP contribution >= 0.6 is 11.6 Å². The fourth-order valence-electron chi connectivity index (χ4n) is 2.70. The summed E-state index contributed by atoms with van der Waals surface area (Å²) in [7, 11) is 0. The molecule has 28 heavy (non-hydrogen) atoms. The largest absolute Gasteiger partial charge is 0.326 e. The number of aryl methyl sites for hydroxylation is 1. The van der Waals surface area contributed by atoms with Crippen molar-refractivity contribution in [2.24, 2.45) is 0 Å². The lowest BCUT2D eigenvalue weighted by molar-refractivity contribution is -0.114. The Bertz CT molecular complexity index is 1020. The van der Waals surface area contributed by atoms with Crippen molar-refractivity contribution in [3.8, 4) is 0 Å². The van der Waals surface area contributed by atoms with Gasteiger partial charge in [0.1, 0.15) is 0 Å². The number of urea groups is 1. The third-order valence-electron chi connectivity index (χ3n) is 4.10. The Kier molecular flexibility index (Phi) is 6.25. The molecule has 3 aromatic carbocycles. The lowest BCUT2D eigenvalue weighted by Gasteiger charge is -2.11. The number of rotatable bonds is 4. The van der Waals surface area contributed by atoms with E-state index in [0.717, 1.165) is 16.7 Å². The zero-order chi connectivity index (χ0) is 19.9. The zero-order valence-corrected chi connectivity index (χ0v) is 16.0. The minimum Gasteiger partial charge on any atom is -0.307 e. The second-order valence-corrected chi connectivity index (χ2v) is 6.64. The van der Waals surface area contributed by atoms with Crippen molar-refractivity contribution in [3.63, 3.8) is 0 Å². The van der Waals surface area contributed by atoms with Gasteiger partial charge in [-0.05, 0) is 47.9 Å². The number of amides is 3. The molecule has 0 saturated heterocycles. The van der Waals surface area contributed by atoms with Crippen molar-refractivity contribution in [2.45, 2.75) is 6.92 Å². The molecule has 0 heterocycles. The van der Waals surface area contributed by atoms with E-state index in [4.69, 9.17) is 11.6 Å². The standard InChI is InChI=1S/C23H19ClN2O2/c1-16-14-19(24)12-13-21(16)25-23(28)26-22(27)20(18-10-6-3-7-11-18)15-17-8-4-2-5-9-17/h2-15H,1H3,(H2,25,26,27,28)/b20-15-. The first-order valence-electron chi connectivity index (χ1n) is 8.73. The van der Waals surface area contributed by atoms with Gasteiger partial charge in [0, 0.05) is 16.3 Å². The van der Waals surface area contributed by atoms with Crippen molar-refractivity contribution in [1.29, 1.82) is 0 Å². The second kappa shape index (κ2) is 9.02. The van der Waals surface area contributed by atoms with Crippen molar-refractivity contribution in [1.82, 2.24) is 5.32 Å². The molecule has 0 atom stereocenters. The fourth-order valence-corrected chi connectivity index (χ4v) is 2.93. The molecule has 0 fully saturated rings. The maximum Gasteiger partial charge on any atom is 0.326 e. The van der Waals surface area contributed by atoms with E-state index in [1.165, 1.54) is 0 Å². The molecule has 4 nitrogen and oxygen atoms in total. The molecule has 140 valence electrons. The zero-order valence-electron chi connectivity index (χ0n) is 15.3. The smallest absolute Gasteiger partial charge is 0.307 e. The van der Waals surface area contributed by atoms with Gasteiger partial charge in [-0.3, -0.25) is 10.1 Å². The molecule has 3 rings (SSSR count). The lowest BCUT2D eigenvalue weighted by atomic mass is 10.0. The summed E-state index contributed by atoms with van der Waals surface area (Å²) in [5, 5.41) is 5.66. The van der Waals surface area contributed by atoms with Gasteiger partial charge >= 0.3 is 6.03 Å². The van der Waals surface area contributed by atoms with Crippen molar-refractivity contribution < 1.29 is 9.59 Å². The first-order chi connectivity index (χ1) is 13.5. The minimum atomic E-state index is -0.606. The summed E-state index contributed by atoms with van der Waals surface area (Å²) in [5.41, 5.74) is 3.38. The predicted octanol–water partition coefficient (Wildman–Crippen LogP) is 5.54. The van der Waals surface area contributed by atoms with E-state index in [2.05, 4.69) is 10.6 Å². The Labute approximate surface area is 168 Å². The highest BCUT2D eigenvalue weighted by Gasteiger charge is 2.16.